The molecule has 0 aliphatic carbocycles. The second-order valence-corrected chi connectivity index (χ2v) is 5.11. The summed E-state index contributed by atoms with van der Waals surface area (Å²) < 4.78 is 2.15. The van der Waals surface area contributed by atoms with E-state index in [-0.39, 0.29) is 6.04 Å². The van der Waals surface area contributed by atoms with Gasteiger partial charge in [0.15, 0.2) is 0 Å². The summed E-state index contributed by atoms with van der Waals surface area (Å²) in [6.45, 7) is 7.16. The highest BCUT2D eigenvalue weighted by atomic mass is 15.1. The molecule has 3 nitrogen and oxygen atoms in total. The SMILES string of the molecule is Cc1ccc(C(N)Cn2ccnc2C(C)C)cc1. The molecule has 1 aromatic carbocycles. The minimum absolute atomic E-state index is 0.0114. The molecular formula is C15H21N3. The van der Waals surface area contributed by atoms with E-state index < -0.39 is 0 Å². The first-order valence-electron chi connectivity index (χ1n) is 6.41. The van der Waals surface area contributed by atoms with Gasteiger partial charge in [0.1, 0.15) is 5.82 Å². The van der Waals surface area contributed by atoms with Crippen LogP contribution in [0.1, 0.15) is 42.8 Å². The third-order valence-electron chi connectivity index (χ3n) is 3.16. The van der Waals surface area contributed by atoms with Gasteiger partial charge in [-0.25, -0.2) is 4.98 Å². The summed E-state index contributed by atoms with van der Waals surface area (Å²) in [6, 6.07) is 8.42. The molecule has 0 spiro atoms. The fourth-order valence-electron chi connectivity index (χ4n) is 2.11. The van der Waals surface area contributed by atoms with Gasteiger partial charge in [0, 0.05) is 30.9 Å². The number of benzene rings is 1. The molecule has 1 unspecified atom stereocenters. The number of nitrogens with two attached hydrogens (primary N) is 1. The predicted octanol–water partition coefficient (Wildman–Crippen LogP) is 3.01. The van der Waals surface area contributed by atoms with Crippen LogP contribution in [-0.4, -0.2) is 9.55 Å². The normalized spacial score (nSPS) is 12.9. The summed E-state index contributed by atoms with van der Waals surface area (Å²) in [5.74, 6) is 1.52. The van der Waals surface area contributed by atoms with Gasteiger partial charge in [0.2, 0.25) is 0 Å². The van der Waals surface area contributed by atoms with Gasteiger partial charge in [0.25, 0.3) is 0 Å². The average molecular weight is 243 g/mol. The molecule has 0 bridgehead atoms. The molecule has 96 valence electrons. The standard InChI is InChI=1S/C15H21N3/c1-11(2)15-17-8-9-18(15)10-14(16)13-6-4-12(3)5-7-13/h4-9,11,14H,10,16H2,1-3H3. The summed E-state index contributed by atoms with van der Waals surface area (Å²) in [5, 5.41) is 0. The van der Waals surface area contributed by atoms with Gasteiger partial charge in [-0.1, -0.05) is 43.7 Å². The molecule has 18 heavy (non-hydrogen) atoms. The topological polar surface area (TPSA) is 43.8 Å². The van der Waals surface area contributed by atoms with Crippen molar-refractivity contribution in [3.8, 4) is 0 Å². The van der Waals surface area contributed by atoms with E-state index in [0.717, 1.165) is 12.4 Å². The van der Waals surface area contributed by atoms with Gasteiger partial charge < -0.3 is 10.3 Å². The number of aryl methyl sites for hydroxylation is 1. The van der Waals surface area contributed by atoms with Gasteiger partial charge in [0.05, 0.1) is 0 Å². The lowest BCUT2D eigenvalue weighted by Gasteiger charge is -2.16. The molecule has 2 rings (SSSR count). The highest BCUT2D eigenvalue weighted by Gasteiger charge is 2.11. The Labute approximate surface area is 109 Å². The molecule has 0 fully saturated rings. The number of hydrogen-bond donors (Lipinski definition) is 1. The fourth-order valence-corrected chi connectivity index (χ4v) is 2.11. The second-order valence-electron chi connectivity index (χ2n) is 5.11. The molecule has 0 radical (unpaired) electrons. The summed E-state index contributed by atoms with van der Waals surface area (Å²) in [5.41, 5.74) is 8.69. The van der Waals surface area contributed by atoms with Gasteiger partial charge in [-0.15, -0.1) is 0 Å². The van der Waals surface area contributed by atoms with Crippen LogP contribution in [0.5, 0.6) is 0 Å². The first-order valence-corrected chi connectivity index (χ1v) is 6.41. The Hall–Kier alpha value is -1.61. The quantitative estimate of drug-likeness (QED) is 0.897. The smallest absolute Gasteiger partial charge is 0.111 e. The summed E-state index contributed by atoms with van der Waals surface area (Å²) in [7, 11) is 0. The third kappa shape index (κ3) is 2.79. The van der Waals surface area contributed by atoms with Crippen LogP contribution in [0.25, 0.3) is 0 Å². The van der Waals surface area contributed by atoms with Gasteiger partial charge >= 0.3 is 0 Å². The van der Waals surface area contributed by atoms with Crippen LogP contribution < -0.4 is 5.73 Å². The van der Waals surface area contributed by atoms with Crippen LogP contribution in [0.4, 0.5) is 0 Å². The summed E-state index contributed by atoms with van der Waals surface area (Å²) in [6.07, 6.45) is 3.85. The van der Waals surface area contributed by atoms with Crippen molar-refractivity contribution >= 4 is 0 Å². The summed E-state index contributed by atoms with van der Waals surface area (Å²) >= 11 is 0. The minimum atomic E-state index is 0.0114. The Morgan fingerprint density at radius 3 is 2.50 bits per heavy atom. The number of rotatable bonds is 4. The Kier molecular flexibility index (Phi) is 3.82. The second kappa shape index (κ2) is 5.36. The van der Waals surface area contributed by atoms with Crippen molar-refractivity contribution in [3.05, 3.63) is 53.6 Å². The van der Waals surface area contributed by atoms with Crippen LogP contribution >= 0.6 is 0 Å². The van der Waals surface area contributed by atoms with E-state index in [2.05, 4.69) is 54.6 Å². The Morgan fingerprint density at radius 2 is 1.89 bits per heavy atom. The Morgan fingerprint density at radius 1 is 1.22 bits per heavy atom. The molecule has 2 aromatic rings. The largest absolute Gasteiger partial charge is 0.333 e. The number of nitrogens with zero attached hydrogens (tertiary/aromatic N) is 2. The van der Waals surface area contributed by atoms with E-state index in [9.17, 15) is 0 Å². The molecule has 3 heteroatoms. The highest BCUT2D eigenvalue weighted by Crippen LogP contribution is 2.17. The maximum absolute atomic E-state index is 6.26. The predicted molar refractivity (Wildman–Crippen MR) is 74.4 cm³/mol. The molecule has 0 amide bonds. The first kappa shape index (κ1) is 12.8. The van der Waals surface area contributed by atoms with Crippen molar-refractivity contribution in [2.24, 2.45) is 5.73 Å². The van der Waals surface area contributed by atoms with Gasteiger partial charge in [-0.2, -0.15) is 0 Å². The van der Waals surface area contributed by atoms with Crippen molar-refractivity contribution < 1.29 is 0 Å². The maximum Gasteiger partial charge on any atom is 0.111 e. The number of aromatic nitrogens is 2. The van der Waals surface area contributed by atoms with E-state index >= 15 is 0 Å². The zero-order valence-electron chi connectivity index (χ0n) is 11.3. The minimum Gasteiger partial charge on any atom is -0.333 e. The lowest BCUT2D eigenvalue weighted by Crippen LogP contribution is -2.19. The number of imidazole rings is 1. The third-order valence-corrected chi connectivity index (χ3v) is 3.16. The van der Waals surface area contributed by atoms with Crippen molar-refractivity contribution in [1.82, 2.24) is 9.55 Å². The molecule has 0 aliphatic rings. The van der Waals surface area contributed by atoms with Crippen molar-refractivity contribution in [3.63, 3.8) is 0 Å². The van der Waals surface area contributed by atoms with Crippen LogP contribution in [-0.2, 0) is 6.54 Å². The zero-order valence-corrected chi connectivity index (χ0v) is 11.3. The van der Waals surface area contributed by atoms with E-state index in [4.69, 9.17) is 5.73 Å². The van der Waals surface area contributed by atoms with E-state index in [1.807, 2.05) is 12.4 Å². The molecule has 1 aromatic heterocycles. The molecule has 2 N–H and O–H groups in total. The maximum atomic E-state index is 6.26. The Bertz CT molecular complexity index is 497. The molecular weight excluding hydrogens is 222 g/mol. The van der Waals surface area contributed by atoms with Crippen molar-refractivity contribution in [2.75, 3.05) is 0 Å². The van der Waals surface area contributed by atoms with E-state index in [1.165, 1.54) is 11.1 Å². The molecule has 1 atom stereocenters. The molecule has 0 saturated heterocycles. The lowest BCUT2D eigenvalue weighted by atomic mass is 10.1. The van der Waals surface area contributed by atoms with Crippen LogP contribution in [0, 0.1) is 6.92 Å². The lowest BCUT2D eigenvalue weighted by molar-refractivity contribution is 0.542. The zero-order chi connectivity index (χ0) is 13.1. The van der Waals surface area contributed by atoms with Crippen LogP contribution in [0.3, 0.4) is 0 Å². The van der Waals surface area contributed by atoms with E-state index in [1.54, 1.807) is 0 Å². The molecule has 1 heterocycles. The molecule has 0 saturated carbocycles. The summed E-state index contributed by atoms with van der Waals surface area (Å²) in [4.78, 5) is 4.38. The van der Waals surface area contributed by atoms with Crippen LogP contribution in [0.2, 0.25) is 0 Å². The first-order chi connectivity index (χ1) is 8.58. The van der Waals surface area contributed by atoms with Crippen LogP contribution in [0.15, 0.2) is 36.7 Å². The van der Waals surface area contributed by atoms with Gasteiger partial charge in [-0.05, 0) is 12.5 Å². The Balaban J connectivity index is 2.13. The average Bonchev–Trinajstić information content (AvgIpc) is 2.78. The van der Waals surface area contributed by atoms with Crippen molar-refractivity contribution in [2.45, 2.75) is 39.3 Å². The van der Waals surface area contributed by atoms with Crippen molar-refractivity contribution in [1.29, 1.82) is 0 Å². The van der Waals surface area contributed by atoms with Gasteiger partial charge in [-0.3, -0.25) is 0 Å². The monoisotopic (exact) mass is 243 g/mol. The van der Waals surface area contributed by atoms with E-state index in [0.29, 0.717) is 5.92 Å². The highest BCUT2D eigenvalue weighted by molar-refractivity contribution is 5.23. The fraction of sp³-hybridized carbons (Fsp3) is 0.400. The molecule has 0 aliphatic heterocycles. The number of hydrogen-bond acceptors (Lipinski definition) is 2.